The third kappa shape index (κ3) is 9.14. The quantitative estimate of drug-likeness (QED) is 0.645. The summed E-state index contributed by atoms with van der Waals surface area (Å²) >= 11 is 0. The molecular weight excluding hydrogens is 170 g/mol. The van der Waals surface area contributed by atoms with Gasteiger partial charge in [-0.15, -0.1) is 0 Å². The number of alkyl carbamates (subject to hydrolysis) is 1. The molecule has 0 rings (SSSR count). The van der Waals surface area contributed by atoms with Crippen molar-refractivity contribution < 1.29 is 14.3 Å². The minimum atomic E-state index is -0.355. The van der Waals surface area contributed by atoms with Gasteiger partial charge < -0.3 is 14.8 Å². The summed E-state index contributed by atoms with van der Waals surface area (Å²) in [5.74, 6) is 0. The molecule has 0 aliphatic rings. The molecule has 0 aromatic rings. The third-order valence-corrected chi connectivity index (χ3v) is 1.32. The largest absolute Gasteiger partial charge is 0.450 e. The van der Waals surface area contributed by atoms with E-state index in [4.69, 9.17) is 4.74 Å². The Balaban J connectivity index is 3.11. The van der Waals surface area contributed by atoms with E-state index in [-0.39, 0.29) is 12.2 Å². The number of amides is 1. The minimum absolute atomic E-state index is 0.252. The normalized spacial score (nSPS) is 10.2. The van der Waals surface area contributed by atoms with Gasteiger partial charge in [-0.1, -0.05) is 0 Å². The highest BCUT2D eigenvalue weighted by Gasteiger charge is 1.98. The molecule has 4 heteroatoms. The Morgan fingerprint density at radius 3 is 2.69 bits per heavy atom. The lowest BCUT2D eigenvalue weighted by Crippen LogP contribution is -2.26. The molecule has 0 saturated heterocycles. The number of hydrogen-bond donors (Lipinski definition) is 1. The topological polar surface area (TPSA) is 47.6 Å². The molecule has 0 saturated carbocycles. The second kappa shape index (κ2) is 7.86. The molecular formula is C9H19NO3. The molecule has 13 heavy (non-hydrogen) atoms. The van der Waals surface area contributed by atoms with Crippen LogP contribution < -0.4 is 5.32 Å². The lowest BCUT2D eigenvalue weighted by molar-refractivity contribution is 0.0766. The molecule has 0 aliphatic carbocycles. The maximum Gasteiger partial charge on any atom is 0.407 e. The van der Waals surface area contributed by atoms with E-state index in [9.17, 15) is 4.79 Å². The smallest absolute Gasteiger partial charge is 0.407 e. The molecule has 0 unspecified atom stereocenters. The van der Waals surface area contributed by atoms with Crippen LogP contribution in [-0.4, -0.2) is 32.0 Å². The van der Waals surface area contributed by atoms with Crippen LogP contribution in [0, 0.1) is 0 Å². The number of carbonyl (C=O) groups is 1. The van der Waals surface area contributed by atoms with Crippen LogP contribution in [0.1, 0.15) is 27.2 Å². The molecule has 0 aromatic carbocycles. The summed E-state index contributed by atoms with van der Waals surface area (Å²) in [6, 6.07) is 0. The van der Waals surface area contributed by atoms with Gasteiger partial charge in [-0.3, -0.25) is 0 Å². The second-order valence-corrected chi connectivity index (χ2v) is 2.92. The van der Waals surface area contributed by atoms with Crippen LogP contribution in [0.4, 0.5) is 4.79 Å². The fraction of sp³-hybridized carbons (Fsp3) is 0.889. The predicted octanol–water partition coefficient (Wildman–Crippen LogP) is 1.55. The van der Waals surface area contributed by atoms with E-state index in [0.717, 1.165) is 6.42 Å². The maximum absolute atomic E-state index is 10.8. The number of ether oxygens (including phenoxy) is 2. The first kappa shape index (κ1) is 12.2. The Bertz CT molecular complexity index is 137. The Morgan fingerprint density at radius 2 is 2.15 bits per heavy atom. The summed E-state index contributed by atoms with van der Waals surface area (Å²) in [7, 11) is 0. The summed E-state index contributed by atoms with van der Waals surface area (Å²) in [6.45, 7) is 7.43. The molecule has 0 bridgehead atoms. The first-order chi connectivity index (χ1) is 6.16. The average Bonchev–Trinajstić information content (AvgIpc) is 2.03. The lowest BCUT2D eigenvalue weighted by Gasteiger charge is -2.07. The molecule has 0 radical (unpaired) electrons. The van der Waals surface area contributed by atoms with Crippen molar-refractivity contribution in [2.24, 2.45) is 0 Å². The number of nitrogens with one attached hydrogen (secondary N) is 1. The van der Waals surface area contributed by atoms with Crippen molar-refractivity contribution in [1.29, 1.82) is 0 Å². The highest BCUT2D eigenvalue weighted by molar-refractivity contribution is 5.66. The van der Waals surface area contributed by atoms with Gasteiger partial charge in [-0.2, -0.15) is 0 Å². The van der Waals surface area contributed by atoms with E-state index in [1.165, 1.54) is 0 Å². The summed E-state index contributed by atoms with van der Waals surface area (Å²) in [5, 5.41) is 2.62. The van der Waals surface area contributed by atoms with Gasteiger partial charge in [0, 0.05) is 13.2 Å². The van der Waals surface area contributed by atoms with Crippen molar-refractivity contribution >= 4 is 6.09 Å². The highest BCUT2D eigenvalue weighted by atomic mass is 16.5. The van der Waals surface area contributed by atoms with Crippen LogP contribution in [0.5, 0.6) is 0 Å². The van der Waals surface area contributed by atoms with Gasteiger partial charge in [0.1, 0.15) is 0 Å². The Morgan fingerprint density at radius 1 is 1.46 bits per heavy atom. The average molecular weight is 189 g/mol. The minimum Gasteiger partial charge on any atom is -0.450 e. The summed E-state index contributed by atoms with van der Waals surface area (Å²) in [4.78, 5) is 10.8. The molecule has 0 aromatic heterocycles. The summed E-state index contributed by atoms with van der Waals surface area (Å²) < 4.78 is 9.97. The Labute approximate surface area is 79.6 Å². The van der Waals surface area contributed by atoms with Crippen LogP contribution in [-0.2, 0) is 9.47 Å². The molecule has 0 heterocycles. The molecule has 1 amide bonds. The first-order valence-electron chi connectivity index (χ1n) is 4.69. The number of hydrogen-bond acceptors (Lipinski definition) is 3. The monoisotopic (exact) mass is 189 g/mol. The summed E-state index contributed by atoms with van der Waals surface area (Å²) in [5.41, 5.74) is 0. The van der Waals surface area contributed by atoms with Crippen LogP contribution in [0.2, 0.25) is 0 Å². The van der Waals surface area contributed by atoms with Crippen molar-refractivity contribution in [2.75, 3.05) is 19.8 Å². The summed E-state index contributed by atoms with van der Waals surface area (Å²) in [6.07, 6.45) is 0.714. The maximum atomic E-state index is 10.8. The van der Waals surface area contributed by atoms with Gasteiger partial charge in [0.2, 0.25) is 0 Å². The van der Waals surface area contributed by atoms with Gasteiger partial charge in [0.25, 0.3) is 0 Å². The fourth-order valence-corrected chi connectivity index (χ4v) is 0.764. The number of carbonyl (C=O) groups excluding carboxylic acids is 1. The fourth-order valence-electron chi connectivity index (χ4n) is 0.764. The highest BCUT2D eigenvalue weighted by Crippen LogP contribution is 1.89. The molecule has 78 valence electrons. The van der Waals surface area contributed by atoms with Crippen LogP contribution in [0.3, 0.4) is 0 Å². The second-order valence-electron chi connectivity index (χ2n) is 2.92. The molecule has 0 atom stereocenters. The van der Waals surface area contributed by atoms with Gasteiger partial charge in [-0.05, 0) is 27.2 Å². The number of rotatable bonds is 6. The van der Waals surface area contributed by atoms with E-state index in [0.29, 0.717) is 19.8 Å². The van der Waals surface area contributed by atoms with E-state index in [2.05, 4.69) is 10.1 Å². The molecule has 4 nitrogen and oxygen atoms in total. The SMILES string of the molecule is CCOC(=O)NCCCOC(C)C. The van der Waals surface area contributed by atoms with Crippen molar-refractivity contribution in [3.63, 3.8) is 0 Å². The van der Waals surface area contributed by atoms with Crippen molar-refractivity contribution in [1.82, 2.24) is 5.32 Å². The van der Waals surface area contributed by atoms with Crippen molar-refractivity contribution in [3.05, 3.63) is 0 Å². The van der Waals surface area contributed by atoms with Gasteiger partial charge in [0.05, 0.1) is 12.7 Å². The zero-order chi connectivity index (χ0) is 10.1. The molecule has 1 N–H and O–H groups in total. The molecule has 0 aliphatic heterocycles. The lowest BCUT2D eigenvalue weighted by atomic mass is 10.4. The Kier molecular flexibility index (Phi) is 7.39. The zero-order valence-corrected chi connectivity index (χ0v) is 8.63. The van der Waals surface area contributed by atoms with E-state index < -0.39 is 0 Å². The third-order valence-electron chi connectivity index (χ3n) is 1.32. The molecule has 0 fully saturated rings. The predicted molar refractivity (Wildman–Crippen MR) is 50.7 cm³/mol. The van der Waals surface area contributed by atoms with Crippen molar-refractivity contribution in [2.45, 2.75) is 33.3 Å². The molecule has 0 spiro atoms. The first-order valence-corrected chi connectivity index (χ1v) is 4.69. The van der Waals surface area contributed by atoms with Gasteiger partial charge in [0.15, 0.2) is 0 Å². The standard InChI is InChI=1S/C9H19NO3/c1-4-12-9(11)10-6-5-7-13-8(2)3/h8H,4-7H2,1-3H3,(H,10,11). The van der Waals surface area contributed by atoms with Gasteiger partial charge >= 0.3 is 6.09 Å². The van der Waals surface area contributed by atoms with Gasteiger partial charge in [-0.25, -0.2) is 4.79 Å². The van der Waals surface area contributed by atoms with Crippen molar-refractivity contribution in [3.8, 4) is 0 Å². The van der Waals surface area contributed by atoms with E-state index in [1.54, 1.807) is 6.92 Å². The van der Waals surface area contributed by atoms with Crippen LogP contribution in [0.15, 0.2) is 0 Å². The zero-order valence-electron chi connectivity index (χ0n) is 8.63. The van der Waals surface area contributed by atoms with Crippen LogP contribution in [0.25, 0.3) is 0 Å². The Hall–Kier alpha value is -0.770. The van der Waals surface area contributed by atoms with Crippen LogP contribution >= 0.6 is 0 Å². The van der Waals surface area contributed by atoms with E-state index in [1.807, 2.05) is 13.8 Å². The van der Waals surface area contributed by atoms with E-state index >= 15 is 0 Å².